The van der Waals surface area contributed by atoms with Gasteiger partial charge in [0.15, 0.2) is 0 Å². The van der Waals surface area contributed by atoms with Crippen LogP contribution >= 0.6 is 0 Å². The average Bonchev–Trinajstić information content (AvgIpc) is 2.73. The smallest absolute Gasteiger partial charge is 0.379 e. The van der Waals surface area contributed by atoms with Gasteiger partial charge in [0.05, 0.1) is 18.8 Å². The number of aromatic nitrogens is 1. The van der Waals surface area contributed by atoms with Gasteiger partial charge >= 0.3 is 6.18 Å². The summed E-state index contributed by atoms with van der Waals surface area (Å²) in [6.07, 6.45) is -0.482. The number of carbonyl (C=O) groups excluding carboxylic acids is 1. The lowest BCUT2D eigenvalue weighted by molar-refractivity contribution is -0.137. The fraction of sp³-hybridized carbons (Fsp3) is 0.429. The van der Waals surface area contributed by atoms with Crippen LogP contribution in [0.15, 0.2) is 48.8 Å². The maximum absolute atomic E-state index is 13.0. The van der Waals surface area contributed by atoms with Crippen molar-refractivity contribution in [2.75, 3.05) is 39.4 Å². The molecule has 0 radical (unpaired) electrons. The summed E-state index contributed by atoms with van der Waals surface area (Å²) in [7, 11) is 0. The highest BCUT2D eigenvalue weighted by atomic mass is 19.4. The minimum Gasteiger partial charge on any atom is -0.379 e. The molecule has 3 rings (SSSR count). The molecule has 8 heteroatoms. The number of halogens is 3. The van der Waals surface area contributed by atoms with Gasteiger partial charge in [-0.15, -0.1) is 0 Å². The Hall–Kier alpha value is -2.45. The fourth-order valence-corrected chi connectivity index (χ4v) is 3.28. The van der Waals surface area contributed by atoms with E-state index in [-0.39, 0.29) is 5.56 Å². The maximum atomic E-state index is 13.0. The van der Waals surface area contributed by atoms with Gasteiger partial charge in [-0.3, -0.25) is 14.7 Å². The van der Waals surface area contributed by atoms with Crippen LogP contribution in [0.5, 0.6) is 0 Å². The van der Waals surface area contributed by atoms with Gasteiger partial charge in [0, 0.05) is 50.7 Å². The summed E-state index contributed by atoms with van der Waals surface area (Å²) < 4.78 is 44.5. The number of pyridine rings is 1. The molecular formula is C21H24F3N3O2. The van der Waals surface area contributed by atoms with Crippen LogP contribution in [0.25, 0.3) is 0 Å². The first kappa shape index (κ1) is 21.3. The van der Waals surface area contributed by atoms with Gasteiger partial charge in [0.25, 0.3) is 5.91 Å². The second kappa shape index (κ2) is 9.84. The fourth-order valence-electron chi connectivity index (χ4n) is 3.28. The number of alkyl halides is 3. The number of morpholine rings is 1. The second-order valence-corrected chi connectivity index (χ2v) is 6.97. The van der Waals surface area contributed by atoms with Crippen LogP contribution in [0.3, 0.4) is 0 Å². The minimum atomic E-state index is -4.48. The molecule has 0 atom stereocenters. The first-order valence-corrected chi connectivity index (χ1v) is 9.59. The van der Waals surface area contributed by atoms with Crippen molar-refractivity contribution in [1.82, 2.24) is 14.8 Å². The van der Waals surface area contributed by atoms with Gasteiger partial charge in [-0.2, -0.15) is 13.2 Å². The van der Waals surface area contributed by atoms with Crippen LogP contribution in [-0.4, -0.2) is 60.1 Å². The number of amides is 1. The third kappa shape index (κ3) is 6.27. The number of hydrogen-bond donors (Lipinski definition) is 0. The van der Waals surface area contributed by atoms with E-state index in [1.807, 2.05) is 0 Å². The highest BCUT2D eigenvalue weighted by Gasteiger charge is 2.31. The van der Waals surface area contributed by atoms with Gasteiger partial charge in [-0.25, -0.2) is 0 Å². The predicted molar refractivity (Wildman–Crippen MR) is 102 cm³/mol. The van der Waals surface area contributed by atoms with Crippen molar-refractivity contribution in [2.24, 2.45) is 0 Å². The lowest BCUT2D eigenvalue weighted by Gasteiger charge is -2.28. The van der Waals surface area contributed by atoms with E-state index in [1.54, 1.807) is 29.4 Å². The first-order valence-electron chi connectivity index (χ1n) is 9.59. The summed E-state index contributed by atoms with van der Waals surface area (Å²) in [6.45, 7) is 4.69. The Bertz CT molecular complexity index is 793. The summed E-state index contributed by atoms with van der Waals surface area (Å²) in [5.41, 5.74) is 0.104. The molecule has 0 spiro atoms. The van der Waals surface area contributed by atoms with Gasteiger partial charge in [0.1, 0.15) is 0 Å². The van der Waals surface area contributed by atoms with E-state index in [0.29, 0.717) is 26.3 Å². The predicted octanol–water partition coefficient (Wildman–Crippen LogP) is 3.47. The minimum absolute atomic E-state index is 0.0419. The molecular weight excluding hydrogens is 383 g/mol. The summed E-state index contributed by atoms with van der Waals surface area (Å²) in [4.78, 5) is 20.9. The summed E-state index contributed by atoms with van der Waals surface area (Å²) in [5.74, 6) is -0.408. The molecule has 0 N–H and O–H groups in total. The van der Waals surface area contributed by atoms with E-state index in [0.717, 1.165) is 43.8 Å². The Balaban J connectivity index is 1.71. The van der Waals surface area contributed by atoms with E-state index < -0.39 is 17.6 Å². The Labute approximate surface area is 168 Å². The van der Waals surface area contributed by atoms with Crippen LogP contribution < -0.4 is 0 Å². The lowest BCUT2D eigenvalue weighted by Crippen LogP contribution is -2.39. The topological polar surface area (TPSA) is 45.7 Å². The molecule has 0 saturated carbocycles. The van der Waals surface area contributed by atoms with E-state index in [2.05, 4.69) is 9.88 Å². The summed E-state index contributed by atoms with van der Waals surface area (Å²) >= 11 is 0. The number of benzene rings is 1. The van der Waals surface area contributed by atoms with E-state index in [9.17, 15) is 18.0 Å². The Morgan fingerprint density at radius 1 is 1.14 bits per heavy atom. The van der Waals surface area contributed by atoms with Crippen molar-refractivity contribution in [3.8, 4) is 0 Å². The number of hydrogen-bond acceptors (Lipinski definition) is 4. The zero-order valence-electron chi connectivity index (χ0n) is 16.1. The maximum Gasteiger partial charge on any atom is 0.416 e. The van der Waals surface area contributed by atoms with Crippen LogP contribution in [0.2, 0.25) is 0 Å². The number of ether oxygens (including phenoxy) is 1. The molecule has 0 bridgehead atoms. The first-order chi connectivity index (χ1) is 13.9. The zero-order valence-corrected chi connectivity index (χ0v) is 16.1. The number of nitrogens with zero attached hydrogens (tertiary/aromatic N) is 3. The molecule has 1 aromatic carbocycles. The highest BCUT2D eigenvalue weighted by Crippen LogP contribution is 2.29. The number of carbonyl (C=O) groups is 1. The van der Waals surface area contributed by atoms with E-state index in [4.69, 9.17) is 4.74 Å². The SMILES string of the molecule is O=C(c1cccc(C(F)(F)F)c1)N(CCCN1CCOCC1)Cc1ccncc1. The highest BCUT2D eigenvalue weighted by molar-refractivity contribution is 5.94. The average molecular weight is 407 g/mol. The molecule has 5 nitrogen and oxygen atoms in total. The normalized spacial score (nSPS) is 15.3. The Morgan fingerprint density at radius 2 is 1.86 bits per heavy atom. The molecule has 1 fully saturated rings. The molecule has 1 aliphatic heterocycles. The van der Waals surface area contributed by atoms with Crippen molar-refractivity contribution < 1.29 is 22.7 Å². The van der Waals surface area contributed by atoms with Crippen molar-refractivity contribution >= 4 is 5.91 Å². The zero-order chi connectivity index (χ0) is 20.7. The third-order valence-corrected chi connectivity index (χ3v) is 4.85. The summed E-state index contributed by atoms with van der Waals surface area (Å²) in [5, 5.41) is 0. The monoisotopic (exact) mass is 407 g/mol. The molecule has 0 unspecified atom stereocenters. The van der Waals surface area contributed by atoms with E-state index >= 15 is 0 Å². The van der Waals surface area contributed by atoms with Crippen LogP contribution in [0.1, 0.15) is 27.9 Å². The molecule has 2 heterocycles. The van der Waals surface area contributed by atoms with E-state index in [1.165, 1.54) is 12.1 Å². The Kier molecular flexibility index (Phi) is 7.22. The molecule has 0 aliphatic carbocycles. The van der Waals surface area contributed by atoms with Gasteiger partial charge in [-0.1, -0.05) is 6.07 Å². The lowest BCUT2D eigenvalue weighted by atomic mass is 10.1. The second-order valence-electron chi connectivity index (χ2n) is 6.97. The molecule has 156 valence electrons. The van der Waals surface area contributed by atoms with Crippen molar-refractivity contribution in [2.45, 2.75) is 19.1 Å². The molecule has 1 aliphatic rings. The largest absolute Gasteiger partial charge is 0.416 e. The summed E-state index contributed by atoms with van der Waals surface area (Å²) in [6, 6.07) is 8.20. The van der Waals surface area contributed by atoms with Crippen LogP contribution in [0.4, 0.5) is 13.2 Å². The van der Waals surface area contributed by atoms with Crippen molar-refractivity contribution in [1.29, 1.82) is 0 Å². The van der Waals surface area contributed by atoms with Crippen molar-refractivity contribution in [3.05, 3.63) is 65.5 Å². The molecule has 1 amide bonds. The number of rotatable bonds is 7. The third-order valence-electron chi connectivity index (χ3n) is 4.85. The van der Waals surface area contributed by atoms with Crippen LogP contribution in [-0.2, 0) is 17.5 Å². The molecule has 2 aromatic rings. The Morgan fingerprint density at radius 3 is 2.55 bits per heavy atom. The van der Waals surface area contributed by atoms with Crippen LogP contribution in [0, 0.1) is 0 Å². The van der Waals surface area contributed by atoms with Gasteiger partial charge in [0.2, 0.25) is 0 Å². The molecule has 1 aromatic heterocycles. The van der Waals surface area contributed by atoms with Gasteiger partial charge in [-0.05, 0) is 42.3 Å². The molecule has 29 heavy (non-hydrogen) atoms. The standard InChI is InChI=1S/C21H24F3N3O2/c22-21(23,24)19-4-1-3-18(15-19)20(28)27(16-17-5-7-25-8-6-17)10-2-9-26-11-13-29-14-12-26/h1,3-8,15H,2,9-14,16H2. The van der Waals surface area contributed by atoms with Gasteiger partial charge < -0.3 is 9.64 Å². The molecule has 1 saturated heterocycles. The van der Waals surface area contributed by atoms with Crippen molar-refractivity contribution in [3.63, 3.8) is 0 Å². The quantitative estimate of drug-likeness (QED) is 0.705.